The summed E-state index contributed by atoms with van der Waals surface area (Å²) in [6.07, 6.45) is 7.33. The van der Waals surface area contributed by atoms with Gasteiger partial charge in [-0.05, 0) is 68.5 Å². The number of rotatable bonds is 10. The summed E-state index contributed by atoms with van der Waals surface area (Å²) >= 11 is 14.0. The molecule has 1 atom stereocenters. The van der Waals surface area contributed by atoms with E-state index in [4.69, 9.17) is 32.9 Å². The fourth-order valence-electron chi connectivity index (χ4n) is 7.59. The Kier molecular flexibility index (Phi) is 10.7. The maximum Gasteiger partial charge on any atom is 0.219 e. The second kappa shape index (κ2) is 15.4. The molecule has 0 unspecified atom stereocenters. The average Bonchev–Trinajstić information content (AvgIpc) is 3.78. The van der Waals surface area contributed by atoms with Gasteiger partial charge in [-0.25, -0.2) is 14.4 Å². The summed E-state index contributed by atoms with van der Waals surface area (Å²) in [5.41, 5.74) is 4.78. The van der Waals surface area contributed by atoms with Gasteiger partial charge in [0.05, 0.1) is 34.2 Å². The molecule has 13 heteroatoms. The molecule has 3 fully saturated rings. The summed E-state index contributed by atoms with van der Waals surface area (Å²) in [5.74, 6) is 0.257. The van der Waals surface area contributed by atoms with Crippen molar-refractivity contribution in [2.24, 2.45) is 5.41 Å². The zero-order valence-corrected chi connectivity index (χ0v) is 30.5. The number of pyridine rings is 3. The molecule has 0 aliphatic carbocycles. The van der Waals surface area contributed by atoms with Crippen LogP contribution in [0.25, 0.3) is 22.5 Å². The molecule has 3 aliphatic heterocycles. The number of aromatic nitrogens is 3. The van der Waals surface area contributed by atoms with Crippen LogP contribution in [0.3, 0.4) is 0 Å². The fraction of sp³-hybridized carbons (Fsp3) is 0.421. The first-order valence-electron chi connectivity index (χ1n) is 17.5. The Morgan fingerprint density at radius 2 is 1.84 bits per heavy atom. The number of piperidine rings is 1. The number of methoxy groups -OCH3 is 1. The van der Waals surface area contributed by atoms with E-state index in [1.165, 1.54) is 12.8 Å². The highest BCUT2D eigenvalue weighted by molar-refractivity contribution is 6.39. The first-order valence-corrected chi connectivity index (χ1v) is 18.3. The molecule has 3 N–H and O–H groups in total. The van der Waals surface area contributed by atoms with E-state index < -0.39 is 5.82 Å². The van der Waals surface area contributed by atoms with Crippen molar-refractivity contribution in [1.82, 2.24) is 35.4 Å². The van der Waals surface area contributed by atoms with Crippen LogP contribution in [0.5, 0.6) is 5.88 Å². The van der Waals surface area contributed by atoms with Crippen molar-refractivity contribution in [2.45, 2.75) is 51.7 Å². The van der Waals surface area contributed by atoms with Crippen molar-refractivity contribution in [3.8, 4) is 28.4 Å². The molecule has 6 heterocycles. The van der Waals surface area contributed by atoms with Gasteiger partial charge in [0, 0.05) is 86.9 Å². The molecule has 10 nitrogen and oxygen atoms in total. The number of likely N-dealkylation sites (tertiary alicyclic amines) is 2. The molecule has 7 rings (SSSR count). The number of carbonyl (C=O) groups excluding carboxylic acids is 1. The maximum atomic E-state index is 15.7. The SMILES string of the molecule is COc1nc(-c2ccnc(-c3cccc(Nc4nccc(CNC5CCN(C(C)=O)CC5)c4F)c3Cl)c2Cl)ccc1CN1CC[C@@]2(CCNC2)C1. The van der Waals surface area contributed by atoms with Crippen LogP contribution >= 0.6 is 23.2 Å². The molecule has 3 saturated heterocycles. The lowest BCUT2D eigenvalue weighted by Gasteiger charge is -2.31. The molecule has 1 amide bonds. The lowest BCUT2D eigenvalue weighted by atomic mass is 9.87. The van der Waals surface area contributed by atoms with Crippen LogP contribution in [-0.2, 0) is 17.9 Å². The molecule has 268 valence electrons. The Labute approximate surface area is 308 Å². The number of halogens is 3. The Morgan fingerprint density at radius 3 is 2.61 bits per heavy atom. The van der Waals surface area contributed by atoms with Gasteiger partial charge < -0.3 is 25.6 Å². The molecule has 4 aromatic rings. The van der Waals surface area contributed by atoms with Crippen LogP contribution in [0.15, 0.2) is 54.9 Å². The van der Waals surface area contributed by atoms with Crippen LogP contribution in [0.4, 0.5) is 15.9 Å². The fourth-order valence-corrected chi connectivity index (χ4v) is 8.17. The minimum absolute atomic E-state index is 0.0629. The summed E-state index contributed by atoms with van der Waals surface area (Å²) in [5, 5.41) is 10.8. The Bertz CT molecular complexity index is 1900. The van der Waals surface area contributed by atoms with Crippen molar-refractivity contribution < 1.29 is 13.9 Å². The highest BCUT2D eigenvalue weighted by Crippen LogP contribution is 2.41. The third kappa shape index (κ3) is 7.68. The molecule has 1 spiro atoms. The molecular formula is C38H43Cl2FN8O2. The minimum atomic E-state index is -0.464. The molecular weight excluding hydrogens is 690 g/mol. The van der Waals surface area contributed by atoms with Gasteiger partial charge in [0.2, 0.25) is 11.8 Å². The van der Waals surface area contributed by atoms with E-state index >= 15 is 4.39 Å². The van der Waals surface area contributed by atoms with Crippen LogP contribution < -0.4 is 20.7 Å². The molecule has 0 saturated carbocycles. The summed E-state index contributed by atoms with van der Waals surface area (Å²) in [4.78, 5) is 29.7. The van der Waals surface area contributed by atoms with E-state index in [0.29, 0.717) is 74.7 Å². The van der Waals surface area contributed by atoms with Gasteiger partial charge in [0.1, 0.15) is 0 Å². The van der Waals surface area contributed by atoms with Crippen molar-refractivity contribution in [3.63, 3.8) is 0 Å². The van der Waals surface area contributed by atoms with Gasteiger partial charge in [-0.1, -0.05) is 41.4 Å². The van der Waals surface area contributed by atoms with Gasteiger partial charge in [0.15, 0.2) is 11.6 Å². The average molecular weight is 734 g/mol. The van der Waals surface area contributed by atoms with Crippen LogP contribution in [0, 0.1) is 11.2 Å². The van der Waals surface area contributed by atoms with Gasteiger partial charge in [-0.15, -0.1) is 0 Å². The van der Waals surface area contributed by atoms with E-state index in [2.05, 4.69) is 36.9 Å². The standard InChI is InChI=1S/C38H43Cl2FN8O2/c1-24(50)49-17-10-27(11-18-49)45-20-25-8-14-44-36(34(25)41)46-31-5-3-4-29(32(31)39)35-33(40)28(9-15-43-35)30-7-6-26(37(47-30)51-2)21-48-19-13-38(23-48)12-16-42-22-38/h3-9,14-15,27,42,45H,10-13,16-23H2,1-2H3,(H,44,46)/t38-/m1/s1. The minimum Gasteiger partial charge on any atom is -0.481 e. The number of amides is 1. The number of carbonyl (C=O) groups is 1. The molecule has 1 aromatic carbocycles. The monoisotopic (exact) mass is 732 g/mol. The molecule has 0 bridgehead atoms. The number of nitrogens with one attached hydrogen (secondary N) is 3. The number of nitrogens with zero attached hydrogens (tertiary/aromatic N) is 5. The smallest absolute Gasteiger partial charge is 0.219 e. The number of hydrogen-bond donors (Lipinski definition) is 3. The second-order valence-electron chi connectivity index (χ2n) is 13.9. The highest BCUT2D eigenvalue weighted by atomic mass is 35.5. The van der Waals surface area contributed by atoms with Crippen molar-refractivity contribution in [2.75, 3.05) is 51.7 Å². The van der Waals surface area contributed by atoms with Crippen molar-refractivity contribution in [3.05, 3.63) is 81.8 Å². The van der Waals surface area contributed by atoms with E-state index in [9.17, 15) is 4.79 Å². The lowest BCUT2D eigenvalue weighted by molar-refractivity contribution is -0.129. The van der Waals surface area contributed by atoms with E-state index in [1.54, 1.807) is 38.6 Å². The number of ether oxygens (including phenoxy) is 1. The summed E-state index contributed by atoms with van der Waals surface area (Å²) in [6.45, 7) is 8.43. The first kappa shape index (κ1) is 35.5. The quantitative estimate of drug-likeness (QED) is 0.164. The van der Waals surface area contributed by atoms with E-state index in [-0.39, 0.29) is 17.8 Å². The number of benzene rings is 1. The van der Waals surface area contributed by atoms with Gasteiger partial charge in [0.25, 0.3) is 0 Å². The van der Waals surface area contributed by atoms with Gasteiger partial charge >= 0.3 is 0 Å². The largest absolute Gasteiger partial charge is 0.481 e. The maximum absolute atomic E-state index is 15.7. The summed E-state index contributed by atoms with van der Waals surface area (Å²) in [7, 11) is 1.64. The molecule has 51 heavy (non-hydrogen) atoms. The van der Waals surface area contributed by atoms with Gasteiger partial charge in [-0.3, -0.25) is 14.7 Å². The van der Waals surface area contributed by atoms with Crippen LogP contribution in [0.1, 0.15) is 43.7 Å². The van der Waals surface area contributed by atoms with Gasteiger partial charge in [-0.2, -0.15) is 0 Å². The van der Waals surface area contributed by atoms with E-state index in [0.717, 1.165) is 51.1 Å². The number of anilines is 2. The molecule has 3 aliphatic rings. The zero-order valence-electron chi connectivity index (χ0n) is 28.9. The van der Waals surface area contributed by atoms with Crippen molar-refractivity contribution in [1.29, 1.82) is 0 Å². The zero-order chi connectivity index (χ0) is 35.5. The predicted molar refractivity (Wildman–Crippen MR) is 199 cm³/mol. The first-order chi connectivity index (χ1) is 24.7. The van der Waals surface area contributed by atoms with E-state index in [1.807, 2.05) is 29.2 Å². The third-order valence-corrected chi connectivity index (χ3v) is 11.3. The lowest BCUT2D eigenvalue weighted by Crippen LogP contribution is -2.44. The Hall–Kier alpha value is -3.87. The van der Waals surface area contributed by atoms with Crippen LogP contribution in [-0.4, -0.2) is 83.1 Å². The second-order valence-corrected chi connectivity index (χ2v) is 14.6. The summed E-state index contributed by atoms with van der Waals surface area (Å²) < 4.78 is 21.5. The number of hydrogen-bond acceptors (Lipinski definition) is 9. The summed E-state index contributed by atoms with van der Waals surface area (Å²) in [6, 6.07) is 13.1. The third-order valence-electron chi connectivity index (χ3n) is 10.5. The molecule has 0 radical (unpaired) electrons. The Balaban J connectivity index is 1.07. The molecule has 3 aromatic heterocycles. The normalized spacial score (nSPS) is 19.6. The predicted octanol–water partition coefficient (Wildman–Crippen LogP) is 6.69. The topological polar surface area (TPSA) is 108 Å². The highest BCUT2D eigenvalue weighted by Gasteiger charge is 2.40. The van der Waals surface area contributed by atoms with Crippen LogP contribution in [0.2, 0.25) is 10.0 Å². The van der Waals surface area contributed by atoms with Crippen molar-refractivity contribution >= 4 is 40.6 Å². The Morgan fingerprint density at radius 1 is 1.02 bits per heavy atom.